The SMILES string of the molecule is C=C.CCc1c(C=C2Oc3ccc(-c4ccccc4)cc3N2CS(=O)(=O)O)oc2ccc3ccccc3c12. The molecular weight excluding hydrogens is 498 g/mol. The molecule has 0 bridgehead atoms. The summed E-state index contributed by atoms with van der Waals surface area (Å²) in [5.41, 5.74) is 4.21. The van der Waals surface area contributed by atoms with E-state index in [9.17, 15) is 13.0 Å². The van der Waals surface area contributed by atoms with Gasteiger partial charge in [-0.3, -0.25) is 9.45 Å². The Morgan fingerprint density at radius 1 is 0.921 bits per heavy atom. The van der Waals surface area contributed by atoms with Crippen molar-refractivity contribution in [1.29, 1.82) is 0 Å². The molecule has 0 spiro atoms. The molecule has 5 aromatic rings. The summed E-state index contributed by atoms with van der Waals surface area (Å²) >= 11 is 0. The van der Waals surface area contributed by atoms with Crippen LogP contribution in [0.25, 0.3) is 38.9 Å². The Bertz CT molecular complexity index is 1770. The van der Waals surface area contributed by atoms with Crippen LogP contribution in [-0.4, -0.2) is 18.8 Å². The number of nitrogens with zero attached hydrogens (tertiary/aromatic N) is 1. The molecule has 0 aliphatic carbocycles. The predicted octanol–water partition coefficient (Wildman–Crippen LogP) is 7.66. The minimum absolute atomic E-state index is 0.269. The van der Waals surface area contributed by atoms with Crippen LogP contribution < -0.4 is 9.64 Å². The molecule has 2 heterocycles. The molecule has 7 heteroatoms. The van der Waals surface area contributed by atoms with E-state index in [0.717, 1.165) is 38.4 Å². The maximum atomic E-state index is 12.0. The smallest absolute Gasteiger partial charge is 0.283 e. The summed E-state index contributed by atoms with van der Waals surface area (Å²) in [5, 5.41) is 3.24. The molecule has 38 heavy (non-hydrogen) atoms. The fourth-order valence-corrected chi connectivity index (χ4v) is 5.44. The molecule has 6 rings (SSSR count). The lowest BCUT2D eigenvalue weighted by atomic mass is 10.0. The van der Waals surface area contributed by atoms with Gasteiger partial charge in [0.05, 0.1) is 5.69 Å². The highest BCUT2D eigenvalue weighted by molar-refractivity contribution is 7.85. The molecule has 4 aromatic carbocycles. The zero-order valence-corrected chi connectivity index (χ0v) is 21.7. The monoisotopic (exact) mass is 525 g/mol. The topological polar surface area (TPSA) is 80.0 Å². The first-order chi connectivity index (χ1) is 18.4. The van der Waals surface area contributed by atoms with Crippen molar-refractivity contribution in [2.45, 2.75) is 13.3 Å². The van der Waals surface area contributed by atoms with Gasteiger partial charge < -0.3 is 9.15 Å². The highest BCUT2D eigenvalue weighted by Crippen LogP contribution is 2.43. The van der Waals surface area contributed by atoms with E-state index in [1.54, 1.807) is 6.08 Å². The van der Waals surface area contributed by atoms with E-state index in [1.165, 1.54) is 4.90 Å². The summed E-state index contributed by atoms with van der Waals surface area (Å²) in [6, 6.07) is 27.5. The van der Waals surface area contributed by atoms with E-state index in [0.29, 0.717) is 23.6 Å². The van der Waals surface area contributed by atoms with Crippen LogP contribution in [0, 0.1) is 0 Å². The number of benzene rings is 4. The zero-order chi connectivity index (χ0) is 26.9. The third kappa shape index (κ3) is 4.69. The maximum Gasteiger partial charge on any atom is 0.283 e. The van der Waals surface area contributed by atoms with Gasteiger partial charge in [0.25, 0.3) is 10.1 Å². The fraction of sp³-hybridized carbons (Fsp3) is 0.0968. The molecule has 0 saturated heterocycles. The van der Waals surface area contributed by atoms with Gasteiger partial charge in [-0.05, 0) is 46.5 Å². The van der Waals surface area contributed by atoms with Crippen molar-refractivity contribution in [3.63, 3.8) is 0 Å². The van der Waals surface area contributed by atoms with Crippen LogP contribution in [0.4, 0.5) is 5.69 Å². The lowest BCUT2D eigenvalue weighted by Crippen LogP contribution is -2.27. The summed E-state index contributed by atoms with van der Waals surface area (Å²) in [6.45, 7) is 8.06. The van der Waals surface area contributed by atoms with Gasteiger partial charge in [0, 0.05) is 17.0 Å². The van der Waals surface area contributed by atoms with E-state index < -0.39 is 16.0 Å². The van der Waals surface area contributed by atoms with Crippen molar-refractivity contribution < 1.29 is 22.1 Å². The molecule has 0 atom stereocenters. The van der Waals surface area contributed by atoms with Gasteiger partial charge in [0.2, 0.25) is 5.88 Å². The van der Waals surface area contributed by atoms with E-state index >= 15 is 0 Å². The second-order valence-corrected chi connectivity index (χ2v) is 10.2. The molecule has 0 unspecified atom stereocenters. The maximum absolute atomic E-state index is 12.0. The number of furan rings is 1. The van der Waals surface area contributed by atoms with E-state index in [-0.39, 0.29) is 5.88 Å². The highest BCUT2D eigenvalue weighted by Gasteiger charge is 2.31. The van der Waals surface area contributed by atoms with E-state index in [2.05, 4.69) is 32.2 Å². The van der Waals surface area contributed by atoms with E-state index in [1.807, 2.05) is 72.8 Å². The minimum atomic E-state index is -4.35. The molecule has 1 aliphatic heterocycles. The molecular formula is C31H27NO5S. The second-order valence-electron chi connectivity index (χ2n) is 8.73. The average Bonchev–Trinajstić information content (AvgIpc) is 3.46. The van der Waals surface area contributed by atoms with Gasteiger partial charge >= 0.3 is 0 Å². The normalized spacial score (nSPS) is 13.8. The summed E-state index contributed by atoms with van der Waals surface area (Å²) in [5.74, 6) is 0.722. The first-order valence-electron chi connectivity index (χ1n) is 12.2. The molecule has 0 saturated carbocycles. The van der Waals surface area contributed by atoms with Crippen LogP contribution in [0.3, 0.4) is 0 Å². The molecule has 0 fully saturated rings. The average molecular weight is 526 g/mol. The van der Waals surface area contributed by atoms with Gasteiger partial charge in [-0.2, -0.15) is 8.42 Å². The van der Waals surface area contributed by atoms with Crippen molar-refractivity contribution in [3.05, 3.63) is 115 Å². The molecule has 192 valence electrons. The van der Waals surface area contributed by atoms with Gasteiger partial charge in [-0.15, -0.1) is 13.2 Å². The molecule has 0 amide bonds. The fourth-order valence-electron chi connectivity index (χ4n) is 4.85. The summed E-state index contributed by atoms with van der Waals surface area (Å²) in [7, 11) is -4.35. The van der Waals surface area contributed by atoms with Crippen molar-refractivity contribution in [3.8, 4) is 16.9 Å². The molecule has 1 N–H and O–H groups in total. The van der Waals surface area contributed by atoms with Crippen molar-refractivity contribution >= 4 is 43.6 Å². The number of anilines is 1. The minimum Gasteiger partial charge on any atom is -0.456 e. The summed E-state index contributed by atoms with van der Waals surface area (Å²) < 4.78 is 46.0. The lowest BCUT2D eigenvalue weighted by Gasteiger charge is -2.16. The Balaban J connectivity index is 0.00000144. The van der Waals surface area contributed by atoms with Crippen molar-refractivity contribution in [2.75, 3.05) is 10.8 Å². The van der Waals surface area contributed by atoms with Crippen LogP contribution in [0.1, 0.15) is 18.2 Å². The second kappa shape index (κ2) is 10.2. The first-order valence-corrected chi connectivity index (χ1v) is 13.8. The number of hydrogen-bond acceptors (Lipinski definition) is 5. The Morgan fingerprint density at radius 3 is 2.39 bits per heavy atom. The lowest BCUT2D eigenvalue weighted by molar-refractivity contribution is 0.439. The number of hydrogen-bond donors (Lipinski definition) is 1. The quantitative estimate of drug-likeness (QED) is 0.187. The highest BCUT2D eigenvalue weighted by atomic mass is 32.2. The third-order valence-electron chi connectivity index (χ3n) is 6.45. The first kappa shape index (κ1) is 25.3. The summed E-state index contributed by atoms with van der Waals surface area (Å²) in [4.78, 5) is 1.46. The van der Waals surface area contributed by atoms with Gasteiger partial charge in [0.15, 0.2) is 11.6 Å². The van der Waals surface area contributed by atoms with Crippen molar-refractivity contribution in [1.82, 2.24) is 0 Å². The van der Waals surface area contributed by atoms with Crippen molar-refractivity contribution in [2.24, 2.45) is 0 Å². The van der Waals surface area contributed by atoms with Crippen LogP contribution in [0.5, 0.6) is 5.75 Å². The Kier molecular flexibility index (Phi) is 6.80. The van der Waals surface area contributed by atoms with Gasteiger partial charge in [0.1, 0.15) is 11.3 Å². The van der Waals surface area contributed by atoms with Crippen LogP contribution >= 0.6 is 0 Å². The van der Waals surface area contributed by atoms with Crippen LogP contribution in [0.2, 0.25) is 0 Å². The molecule has 1 aliphatic rings. The predicted molar refractivity (Wildman–Crippen MR) is 154 cm³/mol. The Labute approximate surface area is 221 Å². The van der Waals surface area contributed by atoms with Gasteiger partial charge in [-0.25, -0.2) is 0 Å². The summed E-state index contributed by atoms with van der Waals surface area (Å²) in [6.07, 6.45) is 2.42. The standard InChI is InChI=1S/C29H23NO5S.C2H4/c1-2-22-27(34-26-15-12-20-10-6-7-11-23(20)29(22)26)17-28-30(18-36(31,32)33)24-16-21(13-14-25(24)35-28)19-8-4-3-5-9-19;1-2/h3-17H,2,18H2,1H3,(H,31,32,33);1-2H2. The Morgan fingerprint density at radius 2 is 1.66 bits per heavy atom. The van der Waals surface area contributed by atoms with Gasteiger partial charge in [-0.1, -0.05) is 73.7 Å². The molecule has 6 nitrogen and oxygen atoms in total. The zero-order valence-electron chi connectivity index (χ0n) is 20.9. The number of fused-ring (bicyclic) bond motifs is 4. The number of ether oxygens (including phenoxy) is 1. The number of aryl methyl sites for hydroxylation is 1. The number of rotatable bonds is 5. The third-order valence-corrected chi connectivity index (χ3v) is 7.03. The van der Waals surface area contributed by atoms with Crippen LogP contribution in [0.15, 0.2) is 108 Å². The van der Waals surface area contributed by atoms with E-state index in [4.69, 9.17) is 9.15 Å². The molecule has 0 radical (unpaired) electrons. The Hall–Kier alpha value is -4.33. The van der Waals surface area contributed by atoms with Crippen LogP contribution in [-0.2, 0) is 16.5 Å². The largest absolute Gasteiger partial charge is 0.456 e. The molecule has 1 aromatic heterocycles.